The van der Waals surface area contributed by atoms with Crippen molar-refractivity contribution in [2.45, 2.75) is 25.7 Å². The molecule has 3 aromatic carbocycles. The van der Waals surface area contributed by atoms with Crippen LogP contribution in [0.5, 0.6) is 0 Å². The zero-order chi connectivity index (χ0) is 27.6. The number of aromatic nitrogens is 1. The minimum Gasteiger partial charge on any atom is -0.351 e. The highest BCUT2D eigenvalue weighted by molar-refractivity contribution is 7.92. The normalized spacial score (nSPS) is 14.1. The number of rotatable bonds is 8. The van der Waals surface area contributed by atoms with Crippen LogP contribution in [0.3, 0.4) is 0 Å². The molecule has 0 saturated carbocycles. The Morgan fingerprint density at radius 1 is 0.950 bits per heavy atom. The van der Waals surface area contributed by atoms with E-state index in [0.29, 0.717) is 12.1 Å². The monoisotopic (exact) mass is 599 g/mol. The second-order valence-corrected chi connectivity index (χ2v) is 12.6. The van der Waals surface area contributed by atoms with Crippen LogP contribution in [0.4, 0.5) is 10.8 Å². The molecule has 2 N–H and O–H groups in total. The highest BCUT2D eigenvalue weighted by atomic mass is 35.5. The number of nitrogens with one attached hydrogen (secondary N) is 2. The Labute approximate surface area is 245 Å². The summed E-state index contributed by atoms with van der Waals surface area (Å²) < 4.78 is 29.5. The molecule has 1 aliphatic heterocycles. The second kappa shape index (κ2) is 12.6. The lowest BCUT2D eigenvalue weighted by Crippen LogP contribution is -2.48. The van der Waals surface area contributed by atoms with E-state index in [-0.39, 0.29) is 28.9 Å². The van der Waals surface area contributed by atoms with Gasteiger partial charge in [-0.05, 0) is 62.2 Å². The number of sulfonamides is 1. The molecule has 0 atom stereocenters. The average Bonchev–Trinajstić information content (AvgIpc) is 3.34. The van der Waals surface area contributed by atoms with Crippen LogP contribution in [0.1, 0.15) is 27.0 Å². The first kappa shape index (κ1) is 29.8. The fourth-order valence-corrected chi connectivity index (χ4v) is 6.92. The molecule has 1 amide bonds. The number of benzene rings is 3. The molecule has 0 aliphatic carbocycles. The smallest absolute Gasteiger partial charge is 0.261 e. The molecule has 0 spiro atoms. The van der Waals surface area contributed by atoms with Crippen LogP contribution in [0.2, 0.25) is 0 Å². The van der Waals surface area contributed by atoms with Gasteiger partial charge in [0.1, 0.15) is 0 Å². The van der Waals surface area contributed by atoms with Gasteiger partial charge in [0.05, 0.1) is 26.4 Å². The van der Waals surface area contributed by atoms with Gasteiger partial charge in [-0.2, -0.15) is 0 Å². The number of para-hydroxylation sites is 1. The first-order chi connectivity index (χ1) is 18.7. The van der Waals surface area contributed by atoms with Gasteiger partial charge in [0.25, 0.3) is 15.9 Å². The highest BCUT2D eigenvalue weighted by Crippen LogP contribution is 2.32. The summed E-state index contributed by atoms with van der Waals surface area (Å²) in [6, 6.07) is 17.6. The van der Waals surface area contributed by atoms with Crippen LogP contribution >= 0.6 is 23.7 Å². The second-order valence-electron chi connectivity index (χ2n) is 9.98. The standard InChI is InChI=1S/C29H33N5O3S2.ClH/c1-20-8-10-23(11-9-20)39(36,37)32-25-7-5-4-6-24(25)28(35)30-12-13-33-14-16-34(17-15-33)29-31-26-19-21(2)18-22(3)27(26)38-29;/h4-11,18-19,32H,12-17H2,1-3H3,(H,30,35);1H. The number of fused-ring (bicyclic) bond motifs is 1. The molecule has 1 aromatic heterocycles. The lowest BCUT2D eigenvalue weighted by molar-refractivity contribution is 0.0948. The summed E-state index contributed by atoms with van der Waals surface area (Å²) in [7, 11) is -3.81. The van der Waals surface area contributed by atoms with Crippen molar-refractivity contribution in [2.24, 2.45) is 0 Å². The molecule has 0 bridgehead atoms. The van der Waals surface area contributed by atoms with Crippen molar-refractivity contribution >= 4 is 60.7 Å². The van der Waals surface area contributed by atoms with Crippen molar-refractivity contribution in [3.8, 4) is 0 Å². The predicted octanol–water partition coefficient (Wildman–Crippen LogP) is 5.00. The Kier molecular flexibility index (Phi) is 9.35. The van der Waals surface area contributed by atoms with E-state index >= 15 is 0 Å². The molecule has 1 saturated heterocycles. The van der Waals surface area contributed by atoms with Crippen molar-refractivity contribution in [3.63, 3.8) is 0 Å². The van der Waals surface area contributed by atoms with Gasteiger partial charge in [0.15, 0.2) is 5.13 Å². The molecule has 1 fully saturated rings. The van der Waals surface area contributed by atoms with Crippen LogP contribution in [0.15, 0.2) is 65.6 Å². The Morgan fingerprint density at radius 3 is 2.38 bits per heavy atom. The van der Waals surface area contributed by atoms with Crippen molar-refractivity contribution in [1.29, 1.82) is 0 Å². The summed E-state index contributed by atoms with van der Waals surface area (Å²) in [6.07, 6.45) is 0. The average molecular weight is 600 g/mol. The fraction of sp³-hybridized carbons (Fsp3) is 0.310. The topological polar surface area (TPSA) is 94.6 Å². The maximum Gasteiger partial charge on any atom is 0.261 e. The van der Waals surface area contributed by atoms with Crippen LogP contribution in [0, 0.1) is 20.8 Å². The zero-order valence-corrected chi connectivity index (χ0v) is 25.3. The van der Waals surface area contributed by atoms with Crippen LogP contribution in [0.25, 0.3) is 10.2 Å². The molecule has 11 heteroatoms. The Morgan fingerprint density at radius 2 is 1.65 bits per heavy atom. The van der Waals surface area contributed by atoms with E-state index in [0.717, 1.165) is 48.9 Å². The van der Waals surface area contributed by atoms with Gasteiger partial charge in [0, 0.05) is 39.3 Å². The number of halogens is 1. The molecule has 2 heterocycles. The summed E-state index contributed by atoms with van der Waals surface area (Å²) in [4.78, 5) is 22.7. The Bertz CT molecular complexity index is 1600. The third-order valence-electron chi connectivity index (χ3n) is 6.91. The van der Waals surface area contributed by atoms with Gasteiger partial charge in [-0.25, -0.2) is 13.4 Å². The SMILES string of the molecule is Cc1ccc(S(=O)(=O)Nc2ccccc2C(=O)NCCN2CCN(c3nc4cc(C)cc(C)c4s3)CC2)cc1.Cl. The van der Waals surface area contributed by atoms with Gasteiger partial charge in [-0.15, -0.1) is 12.4 Å². The van der Waals surface area contributed by atoms with Crippen molar-refractivity contribution in [3.05, 3.63) is 82.9 Å². The molecular weight excluding hydrogens is 566 g/mol. The summed E-state index contributed by atoms with van der Waals surface area (Å²) in [6.45, 7) is 10.9. The number of aryl methyl sites for hydroxylation is 3. The fourth-order valence-electron chi connectivity index (χ4n) is 4.78. The third-order valence-corrected chi connectivity index (χ3v) is 9.56. The number of hydrogen-bond acceptors (Lipinski definition) is 7. The largest absolute Gasteiger partial charge is 0.351 e. The van der Waals surface area contributed by atoms with Crippen molar-refractivity contribution in [1.82, 2.24) is 15.2 Å². The van der Waals surface area contributed by atoms with E-state index in [1.165, 1.54) is 15.8 Å². The van der Waals surface area contributed by atoms with Crippen molar-refractivity contribution < 1.29 is 13.2 Å². The molecule has 0 radical (unpaired) electrons. The molecule has 1 aliphatic rings. The first-order valence-corrected chi connectivity index (χ1v) is 15.3. The Hall–Kier alpha value is -3.18. The number of nitrogens with zero attached hydrogens (tertiary/aromatic N) is 3. The predicted molar refractivity (Wildman–Crippen MR) is 166 cm³/mol. The van der Waals surface area contributed by atoms with E-state index in [2.05, 4.69) is 45.8 Å². The maximum absolute atomic E-state index is 13.0. The number of carbonyl (C=O) groups is 1. The summed E-state index contributed by atoms with van der Waals surface area (Å²) in [5.74, 6) is -0.309. The van der Waals surface area contributed by atoms with Gasteiger partial charge in [0.2, 0.25) is 0 Å². The molecule has 0 unspecified atom stereocenters. The minimum atomic E-state index is -3.81. The molecule has 8 nitrogen and oxygen atoms in total. The van der Waals surface area contributed by atoms with Crippen LogP contribution in [-0.2, 0) is 10.0 Å². The zero-order valence-electron chi connectivity index (χ0n) is 22.8. The Balaban J connectivity index is 0.00000370. The third kappa shape index (κ3) is 6.75. The molecule has 40 heavy (non-hydrogen) atoms. The summed E-state index contributed by atoms with van der Waals surface area (Å²) >= 11 is 1.75. The number of hydrogen-bond donors (Lipinski definition) is 2. The number of piperazine rings is 1. The lowest BCUT2D eigenvalue weighted by atomic mass is 10.1. The summed E-state index contributed by atoms with van der Waals surface area (Å²) in [5.41, 5.74) is 5.09. The molecule has 212 valence electrons. The number of amides is 1. The number of carbonyl (C=O) groups excluding carboxylic acids is 1. The van der Waals surface area contributed by atoms with Crippen LogP contribution in [-0.4, -0.2) is 63.5 Å². The van der Waals surface area contributed by atoms with Crippen molar-refractivity contribution in [2.75, 3.05) is 48.9 Å². The van der Waals surface area contributed by atoms with Gasteiger partial charge >= 0.3 is 0 Å². The van der Waals surface area contributed by atoms with Gasteiger partial charge < -0.3 is 10.2 Å². The summed E-state index contributed by atoms with van der Waals surface area (Å²) in [5, 5.41) is 4.02. The number of anilines is 2. The number of thiazole rings is 1. The van der Waals surface area contributed by atoms with Gasteiger partial charge in [-0.1, -0.05) is 47.2 Å². The van der Waals surface area contributed by atoms with Crippen LogP contribution < -0.4 is 14.9 Å². The van der Waals surface area contributed by atoms with E-state index in [4.69, 9.17) is 4.98 Å². The van der Waals surface area contributed by atoms with Gasteiger partial charge in [-0.3, -0.25) is 14.4 Å². The lowest BCUT2D eigenvalue weighted by Gasteiger charge is -2.34. The molecule has 5 rings (SSSR count). The quantitative estimate of drug-likeness (QED) is 0.296. The molecule has 4 aromatic rings. The first-order valence-electron chi connectivity index (χ1n) is 13.0. The van der Waals surface area contributed by atoms with E-state index in [1.54, 1.807) is 59.9 Å². The minimum absolute atomic E-state index is 0. The highest BCUT2D eigenvalue weighted by Gasteiger charge is 2.21. The van der Waals surface area contributed by atoms with E-state index < -0.39 is 10.0 Å². The maximum atomic E-state index is 13.0. The van der Waals surface area contributed by atoms with E-state index in [9.17, 15) is 13.2 Å². The van der Waals surface area contributed by atoms with E-state index in [1.807, 2.05) is 6.92 Å². The molecular formula is C29H34ClN5O3S2.